The second kappa shape index (κ2) is 7.78. The molecule has 0 N–H and O–H groups in total. The second-order valence-electron chi connectivity index (χ2n) is 5.94. The van der Waals surface area contributed by atoms with Crippen LogP contribution in [0.5, 0.6) is 5.75 Å². The van der Waals surface area contributed by atoms with Gasteiger partial charge in [-0.25, -0.2) is 4.79 Å². The molecule has 2 rings (SSSR count). The number of likely N-dealkylation sites (tertiary alicyclic amines) is 1. The van der Waals surface area contributed by atoms with Gasteiger partial charge in [-0.2, -0.15) is 0 Å². The number of carbonyl (C=O) groups excluding carboxylic acids is 2. The Kier molecular flexibility index (Phi) is 6.88. The molecule has 1 aliphatic heterocycles. The van der Waals surface area contributed by atoms with Gasteiger partial charge in [0.05, 0.1) is 19.1 Å². The van der Waals surface area contributed by atoms with Crippen molar-refractivity contribution in [1.82, 2.24) is 4.90 Å². The number of nitrogens with zero attached hydrogens (tertiary/aromatic N) is 1. The van der Waals surface area contributed by atoms with Gasteiger partial charge in [0.15, 0.2) is 0 Å². The largest absolute Gasteiger partial charge is 1.00 e. The van der Waals surface area contributed by atoms with Gasteiger partial charge in [-0.05, 0) is 32.9 Å². The van der Waals surface area contributed by atoms with Crippen LogP contribution in [0.4, 0.5) is 4.79 Å². The predicted molar refractivity (Wildman–Crippen MR) is 73.0 cm³/mol. The van der Waals surface area contributed by atoms with Gasteiger partial charge in [-0.1, -0.05) is 12.1 Å². The van der Waals surface area contributed by atoms with Crippen molar-refractivity contribution in [2.24, 2.45) is 0 Å². The first-order valence-electron chi connectivity index (χ1n) is 6.70. The number of carbonyl (C=O) groups is 2. The first kappa shape index (κ1) is 19.4. The van der Waals surface area contributed by atoms with Crippen LogP contribution in [0, 0.1) is 0 Å². The number of hydrogen-bond acceptors (Lipinski definition) is 5. The molecule has 0 aromatic heterocycles. The normalized spacial score (nSPS) is 14.6. The molecule has 7 heteroatoms. The van der Waals surface area contributed by atoms with Crippen LogP contribution in [0.3, 0.4) is 0 Å². The summed E-state index contributed by atoms with van der Waals surface area (Å²) in [5.41, 5.74) is -0.456. The molecule has 1 amide bonds. The molecular weight excluding hydrogens is 313 g/mol. The number of carboxylic acid groups (broad SMARTS) is 1. The Balaban J connectivity index is 0.00000242. The van der Waals surface area contributed by atoms with E-state index in [0.29, 0.717) is 18.8 Å². The summed E-state index contributed by atoms with van der Waals surface area (Å²) < 4.78 is 10.8. The van der Waals surface area contributed by atoms with Crippen molar-refractivity contribution >= 4 is 12.1 Å². The van der Waals surface area contributed by atoms with Gasteiger partial charge >= 0.3 is 57.5 Å². The van der Waals surface area contributed by atoms with Crippen molar-refractivity contribution in [3.63, 3.8) is 0 Å². The van der Waals surface area contributed by atoms with Crippen molar-refractivity contribution in [3.05, 3.63) is 29.8 Å². The number of amides is 1. The van der Waals surface area contributed by atoms with Crippen LogP contribution < -0.4 is 61.2 Å². The smallest absolute Gasteiger partial charge is 0.545 e. The van der Waals surface area contributed by atoms with E-state index in [0.717, 1.165) is 0 Å². The van der Waals surface area contributed by atoms with Crippen LogP contribution >= 0.6 is 0 Å². The summed E-state index contributed by atoms with van der Waals surface area (Å²) in [6, 6.07) is 6.11. The van der Waals surface area contributed by atoms with Crippen molar-refractivity contribution in [1.29, 1.82) is 0 Å². The molecule has 0 unspecified atom stereocenters. The van der Waals surface area contributed by atoms with E-state index in [2.05, 4.69) is 0 Å². The fourth-order valence-electron chi connectivity index (χ4n) is 1.88. The molecular formula is C15H18KNO5. The first-order chi connectivity index (χ1) is 9.74. The van der Waals surface area contributed by atoms with Crippen LogP contribution in [0.1, 0.15) is 31.1 Å². The number of hydrogen-bond donors (Lipinski definition) is 0. The molecule has 0 aliphatic carbocycles. The Morgan fingerprint density at radius 3 is 2.45 bits per heavy atom. The maximum Gasteiger partial charge on any atom is 1.00 e. The maximum absolute atomic E-state index is 11.7. The molecule has 1 aliphatic rings. The average molecular weight is 331 g/mol. The Morgan fingerprint density at radius 2 is 1.91 bits per heavy atom. The van der Waals surface area contributed by atoms with Crippen molar-refractivity contribution < 1.29 is 75.6 Å². The third kappa shape index (κ3) is 5.55. The van der Waals surface area contributed by atoms with Gasteiger partial charge in [0, 0.05) is 5.56 Å². The van der Waals surface area contributed by atoms with Crippen LogP contribution in [-0.4, -0.2) is 41.8 Å². The minimum Gasteiger partial charge on any atom is -0.545 e. The third-order valence-corrected chi connectivity index (χ3v) is 2.87. The number of aromatic carboxylic acids is 1. The van der Waals surface area contributed by atoms with Crippen molar-refractivity contribution in [2.45, 2.75) is 32.5 Å². The zero-order valence-electron chi connectivity index (χ0n) is 13.3. The van der Waals surface area contributed by atoms with Gasteiger partial charge in [-0.15, -0.1) is 0 Å². The summed E-state index contributed by atoms with van der Waals surface area (Å²) in [5, 5.41) is 10.8. The SMILES string of the molecule is CC(C)(C)OC(=O)N1CC(Oc2cccc(C(=O)[O-])c2)C1.[K+]. The predicted octanol–water partition coefficient (Wildman–Crippen LogP) is -1.95. The topological polar surface area (TPSA) is 78.9 Å². The van der Waals surface area contributed by atoms with Crippen molar-refractivity contribution in [2.75, 3.05) is 13.1 Å². The van der Waals surface area contributed by atoms with E-state index in [1.807, 2.05) is 20.8 Å². The maximum atomic E-state index is 11.7. The van der Waals surface area contributed by atoms with E-state index in [-0.39, 0.29) is 69.1 Å². The molecule has 1 aromatic rings. The summed E-state index contributed by atoms with van der Waals surface area (Å²) in [6.45, 7) is 6.27. The molecule has 0 atom stereocenters. The van der Waals surface area contributed by atoms with E-state index in [1.54, 1.807) is 17.0 Å². The zero-order valence-corrected chi connectivity index (χ0v) is 16.4. The number of ether oxygens (including phenoxy) is 2. The van der Waals surface area contributed by atoms with Gasteiger partial charge in [0.1, 0.15) is 17.5 Å². The van der Waals surface area contributed by atoms with E-state index >= 15 is 0 Å². The molecule has 1 heterocycles. The molecule has 1 fully saturated rings. The Hall–Kier alpha value is -0.604. The second-order valence-corrected chi connectivity index (χ2v) is 5.94. The minimum atomic E-state index is -1.25. The van der Waals surface area contributed by atoms with Crippen LogP contribution in [0.2, 0.25) is 0 Å². The fraction of sp³-hybridized carbons (Fsp3) is 0.467. The average Bonchev–Trinajstić information content (AvgIpc) is 2.31. The van der Waals surface area contributed by atoms with Gasteiger partial charge in [0.2, 0.25) is 0 Å². The minimum absolute atomic E-state index is 0. The number of rotatable bonds is 3. The number of benzene rings is 1. The molecule has 0 radical (unpaired) electrons. The summed E-state index contributed by atoms with van der Waals surface area (Å²) in [7, 11) is 0. The quantitative estimate of drug-likeness (QED) is 0.602. The van der Waals surface area contributed by atoms with Crippen molar-refractivity contribution in [3.8, 4) is 5.75 Å². The Morgan fingerprint density at radius 1 is 1.27 bits per heavy atom. The van der Waals surface area contributed by atoms with Gasteiger partial charge < -0.3 is 24.3 Å². The molecule has 114 valence electrons. The third-order valence-electron chi connectivity index (χ3n) is 2.87. The van der Waals surface area contributed by atoms with Crippen LogP contribution in [0.25, 0.3) is 0 Å². The monoisotopic (exact) mass is 331 g/mol. The van der Waals surface area contributed by atoms with E-state index in [9.17, 15) is 14.7 Å². The molecule has 1 saturated heterocycles. The molecule has 0 bridgehead atoms. The van der Waals surface area contributed by atoms with Gasteiger partial charge in [-0.3, -0.25) is 0 Å². The Labute approximate surface area is 172 Å². The summed E-state index contributed by atoms with van der Waals surface area (Å²) in [4.78, 5) is 24.0. The molecule has 6 nitrogen and oxygen atoms in total. The first-order valence-corrected chi connectivity index (χ1v) is 6.70. The van der Waals surface area contributed by atoms with Crippen LogP contribution in [0.15, 0.2) is 24.3 Å². The number of carboxylic acids is 1. The molecule has 22 heavy (non-hydrogen) atoms. The van der Waals surface area contributed by atoms with E-state index in [1.165, 1.54) is 12.1 Å². The standard InChI is InChI=1S/C15H19NO5.K/c1-15(2,3)21-14(19)16-8-12(9-16)20-11-6-4-5-10(7-11)13(17)18;/h4-7,12H,8-9H2,1-3H3,(H,17,18);/q;+1/p-1. The molecule has 0 spiro atoms. The van der Waals surface area contributed by atoms with Gasteiger partial charge in [0.25, 0.3) is 0 Å². The molecule has 0 saturated carbocycles. The zero-order chi connectivity index (χ0) is 15.6. The van der Waals surface area contributed by atoms with E-state index in [4.69, 9.17) is 9.47 Å². The van der Waals surface area contributed by atoms with Crippen LogP contribution in [-0.2, 0) is 4.74 Å². The summed E-state index contributed by atoms with van der Waals surface area (Å²) in [5.74, 6) is -0.796. The molecule has 1 aromatic carbocycles. The fourth-order valence-corrected chi connectivity index (χ4v) is 1.88. The summed E-state index contributed by atoms with van der Waals surface area (Å²) in [6.07, 6.45) is -0.527. The summed E-state index contributed by atoms with van der Waals surface area (Å²) >= 11 is 0. The Bertz CT molecular complexity index is 549. The van der Waals surface area contributed by atoms with E-state index < -0.39 is 11.6 Å².